The molecule has 1 heterocycles. The third-order valence-electron chi connectivity index (χ3n) is 2.58. The van der Waals surface area contributed by atoms with Crippen molar-refractivity contribution in [2.75, 3.05) is 6.61 Å². The molecule has 0 saturated carbocycles. The van der Waals surface area contributed by atoms with Gasteiger partial charge in [-0.05, 0) is 24.6 Å². The summed E-state index contributed by atoms with van der Waals surface area (Å²) in [6, 6.07) is 7.66. The minimum absolute atomic E-state index is 0.147. The zero-order valence-electron chi connectivity index (χ0n) is 10.2. The number of nitrogens with zero attached hydrogens (tertiary/aromatic N) is 2. The van der Waals surface area contributed by atoms with Crippen molar-refractivity contribution in [1.82, 2.24) is 15.4 Å². The van der Waals surface area contributed by atoms with Crippen LogP contribution in [0.15, 0.2) is 43.0 Å². The van der Waals surface area contributed by atoms with Crippen LogP contribution < -0.4 is 16.0 Å². The van der Waals surface area contributed by atoms with Gasteiger partial charge in [-0.15, -0.1) is 0 Å². The molecule has 0 aliphatic rings. The summed E-state index contributed by atoms with van der Waals surface area (Å²) >= 11 is 0. The SMILES string of the molecule is CCOc1cccc(C(NN)c2cncnc2)c1. The summed E-state index contributed by atoms with van der Waals surface area (Å²) in [4.78, 5) is 8.00. The van der Waals surface area contributed by atoms with Crippen LogP contribution in [-0.4, -0.2) is 16.6 Å². The molecule has 1 aromatic heterocycles. The van der Waals surface area contributed by atoms with Gasteiger partial charge in [-0.2, -0.15) is 0 Å². The fraction of sp³-hybridized carbons (Fsp3) is 0.231. The first kappa shape index (κ1) is 12.5. The Balaban J connectivity index is 2.30. The normalized spacial score (nSPS) is 12.1. The molecule has 94 valence electrons. The Morgan fingerprint density at radius 1 is 1.28 bits per heavy atom. The van der Waals surface area contributed by atoms with Gasteiger partial charge in [0.2, 0.25) is 0 Å². The molecule has 0 aliphatic carbocycles. The average Bonchev–Trinajstić information content (AvgIpc) is 2.42. The van der Waals surface area contributed by atoms with Gasteiger partial charge in [0.25, 0.3) is 0 Å². The fourth-order valence-corrected chi connectivity index (χ4v) is 1.80. The fourth-order valence-electron chi connectivity index (χ4n) is 1.80. The van der Waals surface area contributed by atoms with E-state index >= 15 is 0 Å². The number of nitrogens with one attached hydrogen (secondary N) is 1. The van der Waals surface area contributed by atoms with Crippen LogP contribution in [0, 0.1) is 0 Å². The second kappa shape index (κ2) is 6.09. The van der Waals surface area contributed by atoms with Crippen LogP contribution >= 0.6 is 0 Å². The van der Waals surface area contributed by atoms with Crippen LogP contribution in [0.3, 0.4) is 0 Å². The highest BCUT2D eigenvalue weighted by molar-refractivity contribution is 5.35. The van der Waals surface area contributed by atoms with E-state index in [1.807, 2.05) is 31.2 Å². The standard InChI is InChI=1S/C13H16N4O/c1-2-18-12-5-3-4-10(6-12)13(17-14)11-7-15-9-16-8-11/h3-9,13,17H,2,14H2,1H3. The Morgan fingerprint density at radius 3 is 2.72 bits per heavy atom. The van der Waals surface area contributed by atoms with Gasteiger partial charge < -0.3 is 4.74 Å². The van der Waals surface area contributed by atoms with Crippen molar-refractivity contribution in [1.29, 1.82) is 0 Å². The van der Waals surface area contributed by atoms with Gasteiger partial charge in [-0.25, -0.2) is 15.4 Å². The molecule has 0 spiro atoms. The molecule has 18 heavy (non-hydrogen) atoms. The number of benzene rings is 1. The summed E-state index contributed by atoms with van der Waals surface area (Å²) in [5.74, 6) is 6.44. The van der Waals surface area contributed by atoms with Crippen molar-refractivity contribution in [3.05, 3.63) is 54.1 Å². The number of aromatic nitrogens is 2. The first-order chi connectivity index (χ1) is 8.85. The van der Waals surface area contributed by atoms with Crippen LogP contribution in [-0.2, 0) is 0 Å². The molecule has 1 aromatic carbocycles. The molecule has 0 fully saturated rings. The minimum Gasteiger partial charge on any atom is -0.494 e. The lowest BCUT2D eigenvalue weighted by molar-refractivity contribution is 0.339. The maximum absolute atomic E-state index is 5.61. The zero-order valence-corrected chi connectivity index (χ0v) is 10.2. The van der Waals surface area contributed by atoms with Gasteiger partial charge in [0.1, 0.15) is 12.1 Å². The smallest absolute Gasteiger partial charge is 0.119 e. The summed E-state index contributed by atoms with van der Waals surface area (Å²) < 4.78 is 5.48. The Morgan fingerprint density at radius 2 is 2.06 bits per heavy atom. The lowest BCUT2D eigenvalue weighted by Gasteiger charge is -2.16. The highest BCUT2D eigenvalue weighted by Crippen LogP contribution is 2.23. The van der Waals surface area contributed by atoms with Crippen molar-refractivity contribution in [3.8, 4) is 5.75 Å². The summed E-state index contributed by atoms with van der Waals surface area (Å²) in [6.07, 6.45) is 4.98. The van der Waals surface area contributed by atoms with Crippen molar-refractivity contribution in [2.24, 2.45) is 5.84 Å². The maximum atomic E-state index is 5.61. The summed E-state index contributed by atoms with van der Waals surface area (Å²) in [5, 5.41) is 0. The van der Waals surface area contributed by atoms with Crippen molar-refractivity contribution >= 4 is 0 Å². The number of ether oxygens (including phenoxy) is 1. The van der Waals surface area contributed by atoms with Crippen LogP contribution in [0.2, 0.25) is 0 Å². The van der Waals surface area contributed by atoms with E-state index in [1.165, 1.54) is 6.33 Å². The second-order valence-corrected chi connectivity index (χ2v) is 3.78. The molecule has 2 rings (SSSR count). The first-order valence-corrected chi connectivity index (χ1v) is 5.79. The number of hydrogen-bond acceptors (Lipinski definition) is 5. The van der Waals surface area contributed by atoms with Gasteiger partial charge in [0, 0.05) is 18.0 Å². The molecule has 0 amide bonds. The first-order valence-electron chi connectivity index (χ1n) is 5.79. The van der Waals surface area contributed by atoms with E-state index in [9.17, 15) is 0 Å². The monoisotopic (exact) mass is 244 g/mol. The largest absolute Gasteiger partial charge is 0.494 e. The topological polar surface area (TPSA) is 73.1 Å². The summed E-state index contributed by atoms with van der Waals surface area (Å²) in [7, 11) is 0. The van der Waals surface area contributed by atoms with E-state index < -0.39 is 0 Å². The summed E-state index contributed by atoms with van der Waals surface area (Å²) in [5.41, 5.74) is 4.69. The molecule has 1 atom stereocenters. The maximum Gasteiger partial charge on any atom is 0.119 e. The lowest BCUT2D eigenvalue weighted by atomic mass is 10.0. The zero-order chi connectivity index (χ0) is 12.8. The number of hydrogen-bond donors (Lipinski definition) is 2. The van der Waals surface area contributed by atoms with E-state index in [1.54, 1.807) is 12.4 Å². The molecule has 0 aliphatic heterocycles. The van der Waals surface area contributed by atoms with Crippen LogP contribution in [0.5, 0.6) is 5.75 Å². The molecule has 0 saturated heterocycles. The predicted molar refractivity (Wildman–Crippen MR) is 68.8 cm³/mol. The van der Waals surface area contributed by atoms with Crippen molar-refractivity contribution < 1.29 is 4.74 Å². The van der Waals surface area contributed by atoms with Gasteiger partial charge in [-0.3, -0.25) is 5.84 Å². The molecule has 1 unspecified atom stereocenters. The number of rotatable bonds is 5. The van der Waals surface area contributed by atoms with E-state index in [4.69, 9.17) is 10.6 Å². The molecule has 2 aromatic rings. The Kier molecular flexibility index (Phi) is 4.22. The van der Waals surface area contributed by atoms with Crippen LogP contribution in [0.25, 0.3) is 0 Å². The molecular formula is C13H16N4O. The van der Waals surface area contributed by atoms with Gasteiger partial charge >= 0.3 is 0 Å². The molecular weight excluding hydrogens is 228 g/mol. The second-order valence-electron chi connectivity index (χ2n) is 3.78. The van der Waals surface area contributed by atoms with Gasteiger partial charge in [-0.1, -0.05) is 12.1 Å². The Hall–Kier alpha value is -1.98. The average molecular weight is 244 g/mol. The highest BCUT2D eigenvalue weighted by atomic mass is 16.5. The Bertz CT molecular complexity index is 489. The third kappa shape index (κ3) is 2.82. The van der Waals surface area contributed by atoms with Gasteiger partial charge in [0.05, 0.1) is 12.6 Å². The van der Waals surface area contributed by atoms with E-state index in [0.717, 1.165) is 16.9 Å². The summed E-state index contributed by atoms with van der Waals surface area (Å²) in [6.45, 7) is 2.59. The molecule has 5 heteroatoms. The molecule has 3 N–H and O–H groups in total. The quantitative estimate of drug-likeness (QED) is 0.615. The highest BCUT2D eigenvalue weighted by Gasteiger charge is 2.13. The van der Waals surface area contributed by atoms with E-state index in [2.05, 4.69) is 15.4 Å². The number of hydrazine groups is 1. The predicted octanol–water partition coefficient (Wildman–Crippen LogP) is 1.43. The molecule has 0 radical (unpaired) electrons. The Labute approximate surface area is 106 Å². The van der Waals surface area contributed by atoms with Crippen LogP contribution in [0.4, 0.5) is 0 Å². The molecule has 5 nitrogen and oxygen atoms in total. The third-order valence-corrected chi connectivity index (χ3v) is 2.58. The van der Waals surface area contributed by atoms with Crippen molar-refractivity contribution in [3.63, 3.8) is 0 Å². The van der Waals surface area contributed by atoms with E-state index in [0.29, 0.717) is 6.61 Å². The minimum atomic E-state index is -0.147. The van der Waals surface area contributed by atoms with Crippen molar-refractivity contribution in [2.45, 2.75) is 13.0 Å². The number of nitrogens with two attached hydrogens (primary N) is 1. The van der Waals surface area contributed by atoms with Crippen LogP contribution in [0.1, 0.15) is 24.1 Å². The van der Waals surface area contributed by atoms with Gasteiger partial charge in [0.15, 0.2) is 0 Å². The molecule has 0 bridgehead atoms. The van der Waals surface area contributed by atoms with E-state index in [-0.39, 0.29) is 6.04 Å². The lowest BCUT2D eigenvalue weighted by Crippen LogP contribution is -2.29.